The highest BCUT2D eigenvalue weighted by Gasteiger charge is 2.29. The number of carbonyl (C=O) groups excluding carboxylic acids is 1. The number of nitrogens with zero attached hydrogens (tertiary/aromatic N) is 1. The van der Waals surface area contributed by atoms with E-state index in [0.717, 1.165) is 5.56 Å². The molecule has 2 rings (SSSR count). The molecule has 0 fully saturated rings. The van der Waals surface area contributed by atoms with Gasteiger partial charge in [0.25, 0.3) is 0 Å². The second-order valence-electron chi connectivity index (χ2n) is 3.00. The number of rotatable bonds is 1. The standard InChI is InChI=1S/C10H10NO2/c1-11-7-9(12)13-10(11)8-5-3-2-4-6-8/h2-6H,7H2,1H3/q+1. The van der Waals surface area contributed by atoms with Crippen LogP contribution in [-0.2, 0) is 9.53 Å². The van der Waals surface area contributed by atoms with Crippen LogP contribution in [0.4, 0.5) is 0 Å². The summed E-state index contributed by atoms with van der Waals surface area (Å²) in [5.41, 5.74) is 0.941. The number of likely N-dealkylation sites (N-methyl/N-ethyl adjacent to an activating group) is 1. The van der Waals surface area contributed by atoms with Crippen molar-refractivity contribution >= 4 is 11.9 Å². The van der Waals surface area contributed by atoms with Gasteiger partial charge in [0, 0.05) is 0 Å². The summed E-state index contributed by atoms with van der Waals surface area (Å²) in [6.45, 7) is 0.338. The Balaban J connectivity index is 2.38. The molecule has 1 aromatic rings. The molecule has 3 heteroatoms. The number of esters is 1. The van der Waals surface area contributed by atoms with Crippen LogP contribution in [0.2, 0.25) is 0 Å². The molecule has 0 atom stereocenters. The topological polar surface area (TPSA) is 29.3 Å². The van der Waals surface area contributed by atoms with E-state index in [1.54, 1.807) is 4.58 Å². The van der Waals surface area contributed by atoms with Gasteiger partial charge in [0.1, 0.15) is 7.05 Å². The predicted octanol–water partition coefficient (Wildman–Crippen LogP) is 0.632. The van der Waals surface area contributed by atoms with Gasteiger partial charge >= 0.3 is 11.9 Å². The Labute approximate surface area is 76.3 Å². The van der Waals surface area contributed by atoms with Crippen LogP contribution >= 0.6 is 0 Å². The van der Waals surface area contributed by atoms with Gasteiger partial charge in [-0.25, -0.2) is 4.79 Å². The molecule has 1 heterocycles. The smallest absolute Gasteiger partial charge is 0.366 e. The van der Waals surface area contributed by atoms with Gasteiger partial charge < -0.3 is 4.74 Å². The van der Waals surface area contributed by atoms with Crippen molar-refractivity contribution < 1.29 is 14.1 Å². The van der Waals surface area contributed by atoms with E-state index in [4.69, 9.17) is 4.74 Å². The van der Waals surface area contributed by atoms with Crippen molar-refractivity contribution in [1.82, 2.24) is 0 Å². The molecule has 13 heavy (non-hydrogen) atoms. The van der Waals surface area contributed by atoms with Crippen molar-refractivity contribution in [1.29, 1.82) is 0 Å². The first-order chi connectivity index (χ1) is 6.27. The van der Waals surface area contributed by atoms with Gasteiger partial charge in [-0.3, -0.25) is 0 Å². The molecule has 3 nitrogen and oxygen atoms in total. The molecule has 0 N–H and O–H groups in total. The Hall–Kier alpha value is -1.64. The highest BCUT2D eigenvalue weighted by molar-refractivity contribution is 6.00. The minimum Gasteiger partial charge on any atom is -0.366 e. The zero-order valence-electron chi connectivity index (χ0n) is 7.36. The Bertz CT molecular complexity index is 368. The third kappa shape index (κ3) is 1.45. The van der Waals surface area contributed by atoms with Crippen LogP contribution < -0.4 is 0 Å². The number of ether oxygens (including phenoxy) is 1. The lowest BCUT2D eigenvalue weighted by molar-refractivity contribution is -0.480. The average molecular weight is 176 g/mol. The lowest BCUT2D eigenvalue weighted by Gasteiger charge is -1.94. The molecule has 66 valence electrons. The van der Waals surface area contributed by atoms with E-state index >= 15 is 0 Å². The van der Waals surface area contributed by atoms with Gasteiger partial charge in [-0.1, -0.05) is 18.2 Å². The summed E-state index contributed by atoms with van der Waals surface area (Å²) >= 11 is 0. The lowest BCUT2D eigenvalue weighted by atomic mass is 10.2. The molecular weight excluding hydrogens is 166 g/mol. The van der Waals surface area contributed by atoms with Crippen LogP contribution in [0.3, 0.4) is 0 Å². The van der Waals surface area contributed by atoms with Crippen LogP contribution in [0.5, 0.6) is 0 Å². The Morgan fingerprint density at radius 2 is 2.00 bits per heavy atom. The largest absolute Gasteiger partial charge is 0.381 e. The van der Waals surface area contributed by atoms with Crippen LogP contribution in [0, 0.1) is 0 Å². The molecule has 0 aliphatic carbocycles. The molecule has 0 amide bonds. The van der Waals surface area contributed by atoms with E-state index in [-0.39, 0.29) is 5.97 Å². The molecule has 0 radical (unpaired) electrons. The summed E-state index contributed by atoms with van der Waals surface area (Å²) in [5, 5.41) is 0. The van der Waals surface area contributed by atoms with E-state index in [9.17, 15) is 4.79 Å². The van der Waals surface area contributed by atoms with Crippen molar-refractivity contribution in [3.05, 3.63) is 35.9 Å². The van der Waals surface area contributed by atoms with Gasteiger partial charge in [-0.05, 0) is 12.1 Å². The maximum absolute atomic E-state index is 11.0. The van der Waals surface area contributed by atoms with Gasteiger partial charge in [0.2, 0.25) is 6.54 Å². The molecule has 1 aromatic carbocycles. The quantitative estimate of drug-likeness (QED) is 0.464. The third-order valence-electron chi connectivity index (χ3n) is 1.94. The zero-order valence-corrected chi connectivity index (χ0v) is 7.36. The van der Waals surface area contributed by atoms with E-state index < -0.39 is 0 Å². The summed E-state index contributed by atoms with van der Waals surface area (Å²) in [6, 6.07) is 9.61. The van der Waals surface area contributed by atoms with Crippen LogP contribution in [0.1, 0.15) is 5.56 Å². The fourth-order valence-electron chi connectivity index (χ4n) is 1.34. The van der Waals surface area contributed by atoms with Crippen LogP contribution in [0.15, 0.2) is 30.3 Å². The predicted molar refractivity (Wildman–Crippen MR) is 47.7 cm³/mol. The second kappa shape index (κ2) is 3.01. The first-order valence-electron chi connectivity index (χ1n) is 4.11. The Morgan fingerprint density at radius 1 is 1.31 bits per heavy atom. The zero-order chi connectivity index (χ0) is 9.26. The monoisotopic (exact) mass is 176 g/mol. The average Bonchev–Trinajstić information content (AvgIpc) is 2.47. The number of hydrogen-bond donors (Lipinski definition) is 0. The molecule has 0 aromatic heterocycles. The summed E-state index contributed by atoms with van der Waals surface area (Å²) in [7, 11) is 1.84. The second-order valence-corrected chi connectivity index (χ2v) is 3.00. The number of cyclic esters (lactones) is 1. The molecule has 1 aliphatic heterocycles. The van der Waals surface area contributed by atoms with E-state index in [2.05, 4.69) is 0 Å². The van der Waals surface area contributed by atoms with E-state index in [1.807, 2.05) is 37.4 Å². The first-order valence-corrected chi connectivity index (χ1v) is 4.11. The van der Waals surface area contributed by atoms with Gasteiger partial charge in [-0.2, -0.15) is 4.58 Å². The minimum atomic E-state index is -0.193. The van der Waals surface area contributed by atoms with Crippen LogP contribution in [0.25, 0.3) is 0 Å². The maximum atomic E-state index is 11.0. The lowest BCUT2D eigenvalue weighted by Crippen LogP contribution is -2.11. The van der Waals surface area contributed by atoms with Crippen molar-refractivity contribution in [2.75, 3.05) is 13.6 Å². The minimum absolute atomic E-state index is 0.193. The first kappa shape index (κ1) is 7.98. The van der Waals surface area contributed by atoms with Gasteiger partial charge in [0.15, 0.2) is 0 Å². The van der Waals surface area contributed by atoms with Crippen molar-refractivity contribution in [3.63, 3.8) is 0 Å². The fourth-order valence-corrected chi connectivity index (χ4v) is 1.34. The van der Waals surface area contributed by atoms with Crippen molar-refractivity contribution in [2.24, 2.45) is 0 Å². The number of carbonyl (C=O) groups is 1. The Kier molecular flexibility index (Phi) is 1.85. The number of hydrogen-bond acceptors (Lipinski definition) is 2. The van der Waals surface area contributed by atoms with E-state index in [1.165, 1.54) is 0 Å². The molecule has 0 unspecified atom stereocenters. The summed E-state index contributed by atoms with van der Waals surface area (Å²) < 4.78 is 6.87. The summed E-state index contributed by atoms with van der Waals surface area (Å²) in [5.74, 6) is 0.451. The van der Waals surface area contributed by atoms with Crippen LogP contribution in [-0.4, -0.2) is 30.0 Å². The van der Waals surface area contributed by atoms with Gasteiger partial charge in [0.05, 0.1) is 5.56 Å². The Morgan fingerprint density at radius 3 is 2.54 bits per heavy atom. The molecule has 0 spiro atoms. The maximum Gasteiger partial charge on any atom is 0.381 e. The van der Waals surface area contributed by atoms with E-state index in [0.29, 0.717) is 12.4 Å². The summed E-state index contributed by atoms with van der Waals surface area (Å²) in [4.78, 5) is 11.0. The summed E-state index contributed by atoms with van der Waals surface area (Å²) in [6.07, 6.45) is 0. The van der Waals surface area contributed by atoms with Crippen molar-refractivity contribution in [2.45, 2.75) is 0 Å². The fraction of sp³-hybridized carbons (Fsp3) is 0.200. The third-order valence-corrected chi connectivity index (χ3v) is 1.94. The highest BCUT2D eigenvalue weighted by Crippen LogP contribution is 2.06. The molecule has 0 saturated heterocycles. The van der Waals surface area contributed by atoms with Gasteiger partial charge in [-0.15, -0.1) is 0 Å². The van der Waals surface area contributed by atoms with Crippen molar-refractivity contribution in [3.8, 4) is 0 Å². The highest BCUT2D eigenvalue weighted by atomic mass is 16.6. The normalized spacial score (nSPS) is 16.2. The molecule has 0 saturated carbocycles. The SMILES string of the molecule is C[N+]1=C(c2ccccc2)OC(=O)C1. The molecule has 0 bridgehead atoms. The molecule has 1 aliphatic rings. The molecular formula is C10H10NO2+. The number of benzene rings is 1.